The summed E-state index contributed by atoms with van der Waals surface area (Å²) in [5.74, 6) is -3.71. The number of nitrogens with one attached hydrogen (secondary N) is 1. The highest BCUT2D eigenvalue weighted by Crippen LogP contribution is 2.44. The molecule has 7 rings (SSSR count). The Morgan fingerprint density at radius 1 is 1.04 bits per heavy atom. The number of hydrogen-bond donors (Lipinski definition) is 1. The number of anilines is 1. The van der Waals surface area contributed by atoms with Crippen molar-refractivity contribution >= 4 is 23.5 Å². The van der Waals surface area contributed by atoms with Crippen LogP contribution < -0.4 is 10.2 Å². The zero-order chi connectivity index (χ0) is 39.0. The van der Waals surface area contributed by atoms with Crippen LogP contribution in [0, 0.1) is 17.1 Å². The van der Waals surface area contributed by atoms with Gasteiger partial charge in [-0.15, -0.1) is 0 Å². The normalized spacial score (nSPS) is 21.5. The zero-order valence-corrected chi connectivity index (χ0v) is 30.2. The number of alkyl halides is 3. The summed E-state index contributed by atoms with van der Waals surface area (Å²) in [6, 6.07) is 17.8. The Labute approximate surface area is 315 Å². The Bertz CT molecular complexity index is 2110. The number of fused-ring (bicyclic) bond motifs is 3. The molecule has 1 aromatic heterocycles. The lowest BCUT2D eigenvalue weighted by atomic mass is 9.80. The summed E-state index contributed by atoms with van der Waals surface area (Å²) < 4.78 is 62.6. The van der Waals surface area contributed by atoms with Gasteiger partial charge in [-0.3, -0.25) is 24.2 Å². The maximum Gasteiger partial charge on any atom is 0.416 e. The van der Waals surface area contributed by atoms with E-state index in [1.165, 1.54) is 51.9 Å². The highest BCUT2D eigenvalue weighted by molar-refractivity contribution is 6.07. The first-order chi connectivity index (χ1) is 26.4. The predicted molar refractivity (Wildman–Crippen MR) is 193 cm³/mol. The molecule has 4 heterocycles. The third kappa shape index (κ3) is 7.44. The van der Waals surface area contributed by atoms with E-state index in [2.05, 4.69) is 16.3 Å². The summed E-state index contributed by atoms with van der Waals surface area (Å²) in [6.07, 6.45) is -2.09. The molecule has 0 spiro atoms. The van der Waals surface area contributed by atoms with Gasteiger partial charge in [0, 0.05) is 50.3 Å². The number of carbonyl (C=O) groups is 3. The summed E-state index contributed by atoms with van der Waals surface area (Å²) in [5.41, 5.74) is -0.417. The number of likely N-dealkylation sites (tertiary alicyclic amines) is 1. The standard InChI is InChI=1S/C40H39F4N7O4/c1-3-50-37-33(32(24-12-14-27(41)15-13-24)34(39(50)54)46-36(52)25-8-7-9-26(20-25)40(42,43)44)35(47-51(37)28-10-5-4-6-11-28)38(53)48(2)29(21-45)18-19-49-22-30-16-17-31(23-49)55-30/h4-15,20,29-32,34H,3,16-19,22-23H2,1-2H3,(H,46,52)/t29-,30?,31?,32+,34+/m1/s1. The van der Waals surface area contributed by atoms with E-state index >= 15 is 0 Å². The third-order valence-corrected chi connectivity index (χ3v) is 10.6. The van der Waals surface area contributed by atoms with E-state index in [1.54, 1.807) is 37.3 Å². The maximum atomic E-state index is 14.7. The second kappa shape index (κ2) is 15.3. The summed E-state index contributed by atoms with van der Waals surface area (Å²) in [4.78, 5) is 48.0. The van der Waals surface area contributed by atoms with Crippen LogP contribution >= 0.6 is 0 Å². The molecule has 3 aliphatic heterocycles. The van der Waals surface area contributed by atoms with Crippen molar-refractivity contribution in [2.45, 2.75) is 62.6 Å². The summed E-state index contributed by atoms with van der Waals surface area (Å²) in [5, 5.41) is 17.8. The van der Waals surface area contributed by atoms with E-state index in [0.717, 1.165) is 38.1 Å². The van der Waals surface area contributed by atoms with Crippen LogP contribution in [0.2, 0.25) is 0 Å². The van der Waals surface area contributed by atoms with E-state index in [-0.39, 0.29) is 41.4 Å². The van der Waals surface area contributed by atoms with Crippen LogP contribution in [0.15, 0.2) is 78.9 Å². The highest BCUT2D eigenvalue weighted by atomic mass is 19.4. The monoisotopic (exact) mass is 757 g/mol. The van der Waals surface area contributed by atoms with Crippen molar-refractivity contribution in [1.82, 2.24) is 24.9 Å². The molecule has 2 bridgehead atoms. The molecule has 2 saturated heterocycles. The minimum absolute atomic E-state index is 0.0578. The molecule has 15 heteroatoms. The number of ether oxygens (including phenoxy) is 1. The van der Waals surface area contributed by atoms with E-state index in [9.17, 15) is 37.2 Å². The molecule has 4 aromatic rings. The van der Waals surface area contributed by atoms with Gasteiger partial charge in [0.2, 0.25) is 0 Å². The topological polar surface area (TPSA) is 124 Å². The zero-order valence-electron chi connectivity index (χ0n) is 30.2. The summed E-state index contributed by atoms with van der Waals surface area (Å²) >= 11 is 0. The number of carbonyl (C=O) groups excluding carboxylic acids is 3. The number of amides is 3. The Morgan fingerprint density at radius 2 is 1.73 bits per heavy atom. The predicted octanol–water partition coefficient (Wildman–Crippen LogP) is 5.54. The molecule has 286 valence electrons. The highest BCUT2D eigenvalue weighted by Gasteiger charge is 2.48. The number of benzene rings is 3. The second-order valence-electron chi connectivity index (χ2n) is 14.0. The van der Waals surface area contributed by atoms with Crippen LogP contribution in [-0.2, 0) is 15.7 Å². The lowest BCUT2D eigenvalue weighted by molar-refractivity contribution is -0.137. The molecule has 0 aliphatic carbocycles. The maximum absolute atomic E-state index is 14.7. The van der Waals surface area contributed by atoms with Crippen molar-refractivity contribution in [3.05, 3.63) is 113 Å². The van der Waals surface area contributed by atoms with Crippen molar-refractivity contribution < 1.29 is 36.7 Å². The smallest absolute Gasteiger partial charge is 0.372 e. The minimum atomic E-state index is -4.72. The second-order valence-corrected chi connectivity index (χ2v) is 14.0. The van der Waals surface area contributed by atoms with Crippen molar-refractivity contribution in [3.8, 4) is 11.8 Å². The molecule has 3 aliphatic rings. The molecule has 3 amide bonds. The van der Waals surface area contributed by atoms with Crippen molar-refractivity contribution in [3.63, 3.8) is 0 Å². The molecule has 2 unspecified atom stereocenters. The first-order valence-electron chi connectivity index (χ1n) is 18.2. The van der Waals surface area contributed by atoms with Gasteiger partial charge in [0.15, 0.2) is 5.69 Å². The average molecular weight is 758 g/mol. The van der Waals surface area contributed by atoms with Gasteiger partial charge < -0.3 is 15.0 Å². The van der Waals surface area contributed by atoms with Crippen molar-refractivity contribution in [1.29, 1.82) is 5.26 Å². The molecular formula is C40H39F4N7O4. The van der Waals surface area contributed by atoms with Crippen LogP contribution in [0.5, 0.6) is 0 Å². The fraction of sp³-hybridized carbons (Fsp3) is 0.375. The quantitative estimate of drug-likeness (QED) is 0.211. The number of halogens is 4. The van der Waals surface area contributed by atoms with Gasteiger partial charge >= 0.3 is 6.18 Å². The fourth-order valence-corrected chi connectivity index (χ4v) is 7.84. The van der Waals surface area contributed by atoms with Crippen LogP contribution in [0.3, 0.4) is 0 Å². The van der Waals surface area contributed by atoms with Gasteiger partial charge in [-0.05, 0) is 74.2 Å². The Hall–Kier alpha value is -5.59. The fourth-order valence-electron chi connectivity index (χ4n) is 7.84. The average Bonchev–Trinajstić information content (AvgIpc) is 3.74. The summed E-state index contributed by atoms with van der Waals surface area (Å²) in [7, 11) is 1.51. The summed E-state index contributed by atoms with van der Waals surface area (Å²) in [6.45, 7) is 3.81. The number of para-hydroxylation sites is 1. The Morgan fingerprint density at radius 3 is 2.36 bits per heavy atom. The third-order valence-electron chi connectivity index (χ3n) is 10.6. The Balaban J connectivity index is 1.32. The van der Waals surface area contributed by atoms with Crippen LogP contribution in [0.1, 0.15) is 69.6 Å². The molecule has 5 atom stereocenters. The number of nitrogens with zero attached hydrogens (tertiary/aromatic N) is 6. The number of rotatable bonds is 10. The van der Waals surface area contributed by atoms with E-state index < -0.39 is 53.3 Å². The molecule has 55 heavy (non-hydrogen) atoms. The lowest BCUT2D eigenvalue weighted by Gasteiger charge is -2.38. The first-order valence-corrected chi connectivity index (χ1v) is 18.2. The van der Waals surface area contributed by atoms with E-state index in [1.807, 2.05) is 0 Å². The first kappa shape index (κ1) is 37.7. The van der Waals surface area contributed by atoms with Crippen LogP contribution in [-0.4, -0.2) is 94.8 Å². The lowest BCUT2D eigenvalue weighted by Crippen LogP contribution is -2.55. The van der Waals surface area contributed by atoms with Gasteiger partial charge in [0.05, 0.1) is 29.5 Å². The van der Waals surface area contributed by atoms with Crippen LogP contribution in [0.4, 0.5) is 23.4 Å². The molecule has 3 aromatic carbocycles. The van der Waals surface area contributed by atoms with Crippen molar-refractivity contribution in [2.75, 3.05) is 38.1 Å². The molecule has 0 saturated carbocycles. The molecule has 11 nitrogen and oxygen atoms in total. The molecule has 2 fully saturated rings. The number of morpholine rings is 1. The van der Waals surface area contributed by atoms with E-state index in [0.29, 0.717) is 30.3 Å². The van der Waals surface area contributed by atoms with E-state index in [4.69, 9.17) is 9.84 Å². The van der Waals surface area contributed by atoms with Crippen LogP contribution in [0.25, 0.3) is 5.69 Å². The van der Waals surface area contributed by atoms with Gasteiger partial charge in [-0.2, -0.15) is 23.5 Å². The number of aromatic nitrogens is 2. The minimum Gasteiger partial charge on any atom is -0.372 e. The number of nitriles is 1. The molecule has 0 radical (unpaired) electrons. The van der Waals surface area contributed by atoms with Gasteiger partial charge in [-0.1, -0.05) is 36.4 Å². The molecular weight excluding hydrogens is 718 g/mol. The largest absolute Gasteiger partial charge is 0.416 e. The van der Waals surface area contributed by atoms with Crippen molar-refractivity contribution in [2.24, 2.45) is 0 Å². The van der Waals surface area contributed by atoms with Gasteiger partial charge in [0.25, 0.3) is 17.7 Å². The number of hydrogen-bond acceptors (Lipinski definition) is 7. The molecule has 1 N–H and O–H groups in total. The van der Waals surface area contributed by atoms with Gasteiger partial charge in [-0.25, -0.2) is 9.07 Å². The Kier molecular flexibility index (Phi) is 10.5. The SMILES string of the molecule is CCN1C(=O)[C@@H](NC(=O)c2cccc(C(F)(F)F)c2)[C@@H](c2ccc(F)cc2)c2c(C(=O)N(C)[C@@H](C#N)CCN3CC4CCC(C3)O4)nn(-c3ccccc3)c21. The number of likely N-dealkylation sites (N-methyl/N-ethyl adjacent to an activating group) is 1. The van der Waals surface area contributed by atoms with Gasteiger partial charge in [0.1, 0.15) is 23.7 Å².